The summed E-state index contributed by atoms with van der Waals surface area (Å²) in [6, 6.07) is 3.36. The Balaban J connectivity index is 2.82. The topological polar surface area (TPSA) is 42.0 Å². The van der Waals surface area contributed by atoms with E-state index in [2.05, 4.69) is 16.9 Å². The Morgan fingerprint density at radius 1 is 1.59 bits per heavy atom. The van der Waals surface area contributed by atoms with Crippen molar-refractivity contribution in [3.63, 3.8) is 0 Å². The van der Waals surface area contributed by atoms with Gasteiger partial charge < -0.3 is 5.32 Å². The molecule has 1 aromatic rings. The van der Waals surface area contributed by atoms with E-state index in [0.29, 0.717) is 17.3 Å². The van der Waals surface area contributed by atoms with Crippen LogP contribution in [0.25, 0.3) is 0 Å². The molecule has 0 aromatic carbocycles. The SMILES string of the molecule is C=CCCNC(=O)c1cc(Cl)nc(C(C)C)c1. The second-order valence-corrected chi connectivity index (χ2v) is 4.48. The van der Waals surface area contributed by atoms with Crippen molar-refractivity contribution in [2.45, 2.75) is 26.2 Å². The van der Waals surface area contributed by atoms with Crippen LogP contribution >= 0.6 is 11.6 Å². The van der Waals surface area contributed by atoms with Gasteiger partial charge in [-0.3, -0.25) is 4.79 Å². The molecular weight excluding hydrogens is 236 g/mol. The minimum atomic E-state index is -0.127. The second-order valence-electron chi connectivity index (χ2n) is 4.09. The van der Waals surface area contributed by atoms with Crippen molar-refractivity contribution in [1.29, 1.82) is 0 Å². The number of aromatic nitrogens is 1. The molecule has 17 heavy (non-hydrogen) atoms. The number of amides is 1. The smallest absolute Gasteiger partial charge is 0.251 e. The standard InChI is InChI=1S/C13H17ClN2O/c1-4-5-6-15-13(17)10-7-11(9(2)3)16-12(14)8-10/h4,7-9H,1,5-6H2,2-3H3,(H,15,17). The fraction of sp³-hybridized carbons (Fsp3) is 0.385. The summed E-state index contributed by atoms with van der Waals surface area (Å²) in [5.41, 5.74) is 1.38. The molecule has 1 amide bonds. The number of carbonyl (C=O) groups is 1. The van der Waals surface area contributed by atoms with Gasteiger partial charge >= 0.3 is 0 Å². The van der Waals surface area contributed by atoms with Gasteiger partial charge in [0.05, 0.1) is 0 Å². The third-order valence-electron chi connectivity index (χ3n) is 2.30. The summed E-state index contributed by atoms with van der Waals surface area (Å²) in [4.78, 5) is 16.0. The first-order valence-electron chi connectivity index (χ1n) is 5.61. The summed E-state index contributed by atoms with van der Waals surface area (Å²) >= 11 is 5.89. The number of halogens is 1. The van der Waals surface area contributed by atoms with E-state index in [0.717, 1.165) is 12.1 Å². The molecule has 0 aliphatic carbocycles. The van der Waals surface area contributed by atoms with E-state index in [1.807, 2.05) is 13.8 Å². The van der Waals surface area contributed by atoms with Crippen molar-refractivity contribution in [1.82, 2.24) is 10.3 Å². The van der Waals surface area contributed by atoms with Crippen LogP contribution in [0.4, 0.5) is 0 Å². The van der Waals surface area contributed by atoms with Crippen molar-refractivity contribution >= 4 is 17.5 Å². The number of hydrogen-bond donors (Lipinski definition) is 1. The van der Waals surface area contributed by atoms with E-state index < -0.39 is 0 Å². The highest BCUT2D eigenvalue weighted by atomic mass is 35.5. The van der Waals surface area contributed by atoms with Crippen LogP contribution in [-0.4, -0.2) is 17.4 Å². The van der Waals surface area contributed by atoms with Crippen molar-refractivity contribution in [3.05, 3.63) is 41.2 Å². The lowest BCUT2D eigenvalue weighted by molar-refractivity contribution is 0.0954. The number of hydrogen-bond acceptors (Lipinski definition) is 2. The van der Waals surface area contributed by atoms with E-state index in [9.17, 15) is 4.79 Å². The number of carbonyl (C=O) groups excluding carboxylic acids is 1. The molecule has 0 saturated carbocycles. The Bertz CT molecular complexity index is 416. The molecule has 0 saturated heterocycles. The number of nitrogens with zero attached hydrogens (tertiary/aromatic N) is 1. The Hall–Kier alpha value is -1.35. The van der Waals surface area contributed by atoms with Crippen LogP contribution in [-0.2, 0) is 0 Å². The first-order chi connectivity index (χ1) is 8.04. The average molecular weight is 253 g/mol. The molecule has 1 heterocycles. The van der Waals surface area contributed by atoms with Crippen molar-refractivity contribution in [2.24, 2.45) is 0 Å². The zero-order valence-corrected chi connectivity index (χ0v) is 10.9. The molecule has 1 aromatic heterocycles. The summed E-state index contributed by atoms with van der Waals surface area (Å²) in [7, 11) is 0. The monoisotopic (exact) mass is 252 g/mol. The van der Waals surface area contributed by atoms with E-state index in [1.165, 1.54) is 0 Å². The molecule has 1 rings (SSSR count). The minimum absolute atomic E-state index is 0.127. The highest BCUT2D eigenvalue weighted by Crippen LogP contribution is 2.17. The largest absolute Gasteiger partial charge is 0.352 e. The predicted octanol–water partition coefficient (Wildman–Crippen LogP) is 3.16. The summed E-state index contributed by atoms with van der Waals surface area (Å²) in [5.74, 6) is 0.117. The second kappa shape index (κ2) is 6.40. The molecule has 0 atom stereocenters. The zero-order chi connectivity index (χ0) is 12.8. The highest BCUT2D eigenvalue weighted by molar-refractivity contribution is 6.29. The lowest BCUT2D eigenvalue weighted by Gasteiger charge is -2.08. The van der Waals surface area contributed by atoms with Gasteiger partial charge in [-0.25, -0.2) is 4.98 Å². The molecule has 0 aliphatic rings. The maximum atomic E-state index is 11.8. The lowest BCUT2D eigenvalue weighted by atomic mass is 10.1. The molecule has 4 heteroatoms. The Labute approximate surface area is 107 Å². The maximum Gasteiger partial charge on any atom is 0.251 e. The Morgan fingerprint density at radius 2 is 2.29 bits per heavy atom. The van der Waals surface area contributed by atoms with Gasteiger partial charge in [-0.15, -0.1) is 6.58 Å². The molecular formula is C13H17ClN2O. The molecule has 0 unspecified atom stereocenters. The predicted molar refractivity (Wildman–Crippen MR) is 70.5 cm³/mol. The summed E-state index contributed by atoms with van der Waals surface area (Å²) in [5, 5.41) is 3.15. The first kappa shape index (κ1) is 13.7. The average Bonchev–Trinajstić information content (AvgIpc) is 2.28. The summed E-state index contributed by atoms with van der Waals surface area (Å²) < 4.78 is 0. The van der Waals surface area contributed by atoms with Gasteiger partial charge in [-0.05, 0) is 24.5 Å². The van der Waals surface area contributed by atoms with Crippen LogP contribution in [0.15, 0.2) is 24.8 Å². The van der Waals surface area contributed by atoms with Crippen LogP contribution in [0.1, 0.15) is 42.2 Å². The van der Waals surface area contributed by atoms with Gasteiger partial charge in [0.15, 0.2) is 0 Å². The van der Waals surface area contributed by atoms with E-state index in [4.69, 9.17) is 11.6 Å². The van der Waals surface area contributed by atoms with Crippen molar-refractivity contribution in [2.75, 3.05) is 6.54 Å². The summed E-state index contributed by atoms with van der Waals surface area (Å²) in [6.45, 7) is 8.21. The molecule has 1 N–H and O–H groups in total. The molecule has 0 radical (unpaired) electrons. The fourth-order valence-corrected chi connectivity index (χ4v) is 1.55. The van der Waals surface area contributed by atoms with Gasteiger partial charge in [-0.2, -0.15) is 0 Å². The molecule has 0 bridgehead atoms. The number of rotatable bonds is 5. The van der Waals surface area contributed by atoms with Crippen LogP contribution in [0.3, 0.4) is 0 Å². The van der Waals surface area contributed by atoms with Crippen molar-refractivity contribution < 1.29 is 4.79 Å². The molecule has 3 nitrogen and oxygen atoms in total. The molecule has 0 aliphatic heterocycles. The number of nitrogens with one attached hydrogen (secondary N) is 1. The maximum absolute atomic E-state index is 11.8. The van der Waals surface area contributed by atoms with Crippen LogP contribution in [0, 0.1) is 0 Å². The van der Waals surface area contributed by atoms with Crippen LogP contribution in [0.2, 0.25) is 5.15 Å². The van der Waals surface area contributed by atoms with Crippen LogP contribution in [0.5, 0.6) is 0 Å². The highest BCUT2D eigenvalue weighted by Gasteiger charge is 2.10. The first-order valence-corrected chi connectivity index (χ1v) is 5.99. The fourth-order valence-electron chi connectivity index (χ4n) is 1.33. The van der Waals surface area contributed by atoms with Gasteiger partial charge in [0, 0.05) is 17.8 Å². The van der Waals surface area contributed by atoms with Gasteiger partial charge in [0.2, 0.25) is 0 Å². The van der Waals surface area contributed by atoms with E-state index in [-0.39, 0.29) is 11.8 Å². The quantitative estimate of drug-likeness (QED) is 0.497. The Morgan fingerprint density at radius 3 is 2.88 bits per heavy atom. The summed E-state index contributed by atoms with van der Waals surface area (Å²) in [6.07, 6.45) is 2.51. The minimum Gasteiger partial charge on any atom is -0.352 e. The van der Waals surface area contributed by atoms with E-state index in [1.54, 1.807) is 18.2 Å². The molecule has 0 spiro atoms. The Kier molecular flexibility index (Phi) is 5.16. The third kappa shape index (κ3) is 4.19. The van der Waals surface area contributed by atoms with E-state index >= 15 is 0 Å². The normalized spacial score (nSPS) is 10.4. The van der Waals surface area contributed by atoms with Gasteiger partial charge in [-0.1, -0.05) is 31.5 Å². The number of pyridine rings is 1. The zero-order valence-electron chi connectivity index (χ0n) is 10.2. The van der Waals surface area contributed by atoms with Crippen molar-refractivity contribution in [3.8, 4) is 0 Å². The molecule has 0 fully saturated rings. The van der Waals surface area contributed by atoms with Gasteiger partial charge in [0.1, 0.15) is 5.15 Å². The van der Waals surface area contributed by atoms with Crippen LogP contribution < -0.4 is 5.32 Å². The third-order valence-corrected chi connectivity index (χ3v) is 2.50. The lowest BCUT2D eigenvalue weighted by Crippen LogP contribution is -2.24. The van der Waals surface area contributed by atoms with Gasteiger partial charge in [0.25, 0.3) is 5.91 Å². The molecule has 92 valence electrons.